The Kier molecular flexibility index (Phi) is 9.96. The van der Waals surface area contributed by atoms with Crippen molar-refractivity contribution in [2.45, 2.75) is 40.3 Å². The van der Waals surface area contributed by atoms with Crippen molar-refractivity contribution in [3.8, 4) is 23.0 Å². The summed E-state index contributed by atoms with van der Waals surface area (Å²) in [6, 6.07) is 18.3. The third-order valence-electron chi connectivity index (χ3n) is 8.03. The second kappa shape index (κ2) is 14.1. The SMILES string of the molecule is CCN(CC)C(=O)C1=C(C)N=c2s/c(=C/c3ccc(OCc4ccc(C)cc4)c(OC)c3)c(=O)n2[C@@H]1c1cc(OC)ccc1OC. The third-order valence-corrected chi connectivity index (χ3v) is 9.02. The highest BCUT2D eigenvalue weighted by molar-refractivity contribution is 7.07. The van der Waals surface area contributed by atoms with E-state index in [4.69, 9.17) is 23.9 Å². The van der Waals surface area contributed by atoms with Gasteiger partial charge in [-0.05, 0) is 75.2 Å². The quantitative estimate of drug-likeness (QED) is 0.229. The number of likely N-dealkylation sites (N-methyl/N-ethyl adjacent to an activating group) is 1. The number of rotatable bonds is 11. The highest BCUT2D eigenvalue weighted by atomic mass is 32.1. The van der Waals surface area contributed by atoms with Crippen LogP contribution < -0.4 is 33.8 Å². The molecule has 1 aliphatic rings. The van der Waals surface area contributed by atoms with Gasteiger partial charge in [-0.2, -0.15) is 0 Å². The lowest BCUT2D eigenvalue weighted by Crippen LogP contribution is -2.43. The Balaban J connectivity index is 1.61. The van der Waals surface area contributed by atoms with Crippen LogP contribution in [0, 0.1) is 6.92 Å². The lowest BCUT2D eigenvalue weighted by molar-refractivity contribution is -0.127. The predicted molar refractivity (Wildman–Crippen MR) is 180 cm³/mol. The Morgan fingerprint density at radius 1 is 0.913 bits per heavy atom. The fourth-order valence-corrected chi connectivity index (χ4v) is 6.56. The van der Waals surface area contributed by atoms with Crippen LogP contribution in [0.3, 0.4) is 0 Å². The number of hydrogen-bond acceptors (Lipinski definition) is 8. The van der Waals surface area contributed by atoms with Crippen molar-refractivity contribution in [1.29, 1.82) is 0 Å². The van der Waals surface area contributed by atoms with Crippen LogP contribution in [0.4, 0.5) is 0 Å². The zero-order chi connectivity index (χ0) is 33.0. The number of nitrogens with zero attached hydrogens (tertiary/aromatic N) is 3. The van der Waals surface area contributed by atoms with Crippen molar-refractivity contribution in [2.24, 2.45) is 4.99 Å². The highest BCUT2D eigenvalue weighted by Gasteiger charge is 2.36. The summed E-state index contributed by atoms with van der Waals surface area (Å²) in [5.41, 5.74) is 4.34. The topological polar surface area (TPSA) is 91.6 Å². The Morgan fingerprint density at radius 3 is 2.26 bits per heavy atom. The van der Waals surface area contributed by atoms with Crippen molar-refractivity contribution in [3.63, 3.8) is 0 Å². The standard InChI is InChI=1S/C36H39N3O6S/c1-8-38(9-2)35(41)32-23(4)37-36-39(33(32)27-20-26(42-5)15-17-28(27)43-6)34(40)31(46-36)19-25-14-16-29(30(18-25)44-7)45-21-24-12-10-22(3)11-13-24/h10-20,33H,8-9,21H2,1-7H3/b31-19+/t33-/m1/s1. The fourth-order valence-electron chi connectivity index (χ4n) is 5.51. The molecular weight excluding hydrogens is 602 g/mol. The van der Waals surface area contributed by atoms with Crippen LogP contribution in [0.15, 0.2) is 81.7 Å². The van der Waals surface area contributed by atoms with Gasteiger partial charge in [-0.25, -0.2) is 4.99 Å². The molecule has 9 nitrogen and oxygen atoms in total. The Labute approximate surface area is 272 Å². The van der Waals surface area contributed by atoms with Crippen molar-refractivity contribution >= 4 is 23.3 Å². The maximum absolute atomic E-state index is 14.3. The van der Waals surface area contributed by atoms with Crippen LogP contribution in [0.2, 0.25) is 0 Å². The van der Waals surface area contributed by atoms with Gasteiger partial charge in [0.25, 0.3) is 11.5 Å². The molecule has 1 atom stereocenters. The Hall–Kier alpha value is -4.83. The Morgan fingerprint density at radius 2 is 1.61 bits per heavy atom. The van der Waals surface area contributed by atoms with Gasteiger partial charge < -0.3 is 23.8 Å². The number of carbonyl (C=O) groups is 1. The minimum Gasteiger partial charge on any atom is -0.497 e. The van der Waals surface area contributed by atoms with Crippen LogP contribution >= 0.6 is 11.3 Å². The number of ether oxygens (including phenoxy) is 4. The van der Waals surface area contributed by atoms with E-state index in [9.17, 15) is 9.59 Å². The van der Waals surface area contributed by atoms with E-state index in [1.54, 1.807) is 49.0 Å². The molecule has 1 aliphatic heterocycles. The number of aryl methyl sites for hydroxylation is 1. The van der Waals surface area contributed by atoms with Gasteiger partial charge in [0, 0.05) is 18.7 Å². The average molecular weight is 642 g/mol. The molecule has 2 heterocycles. The molecule has 0 aliphatic carbocycles. The van der Waals surface area contributed by atoms with Gasteiger partial charge in [0.1, 0.15) is 24.1 Å². The molecule has 1 amide bonds. The average Bonchev–Trinajstić information content (AvgIpc) is 3.37. The second-order valence-corrected chi connectivity index (χ2v) is 11.9. The number of fused-ring (bicyclic) bond motifs is 1. The molecule has 0 N–H and O–H groups in total. The number of carbonyl (C=O) groups excluding carboxylic acids is 1. The number of aromatic nitrogens is 1. The summed E-state index contributed by atoms with van der Waals surface area (Å²) in [7, 11) is 4.73. The summed E-state index contributed by atoms with van der Waals surface area (Å²) in [5, 5.41) is 0. The normalized spacial score (nSPS) is 14.4. The molecule has 0 bridgehead atoms. The summed E-state index contributed by atoms with van der Waals surface area (Å²) in [4.78, 5) is 35.2. The number of benzene rings is 3. The summed E-state index contributed by atoms with van der Waals surface area (Å²) in [6.07, 6.45) is 1.81. The number of methoxy groups -OCH3 is 3. The largest absolute Gasteiger partial charge is 0.497 e. The minimum atomic E-state index is -0.774. The van der Waals surface area contributed by atoms with Gasteiger partial charge in [0.15, 0.2) is 16.3 Å². The summed E-state index contributed by atoms with van der Waals surface area (Å²) < 4.78 is 25.0. The van der Waals surface area contributed by atoms with Gasteiger partial charge in [-0.3, -0.25) is 14.2 Å². The fraction of sp³-hybridized carbons (Fsp3) is 0.306. The van der Waals surface area contributed by atoms with Crippen molar-refractivity contribution < 1.29 is 23.7 Å². The maximum Gasteiger partial charge on any atom is 0.271 e. The highest BCUT2D eigenvalue weighted by Crippen LogP contribution is 2.38. The van der Waals surface area contributed by atoms with Crippen LogP contribution in [-0.4, -0.2) is 49.8 Å². The first-order chi connectivity index (χ1) is 22.2. The molecule has 10 heteroatoms. The Bertz CT molecular complexity index is 1950. The first kappa shape index (κ1) is 32.6. The van der Waals surface area contributed by atoms with Crippen molar-refractivity contribution in [2.75, 3.05) is 34.4 Å². The smallest absolute Gasteiger partial charge is 0.271 e. The second-order valence-electron chi connectivity index (χ2n) is 10.9. The van der Waals surface area contributed by atoms with E-state index in [-0.39, 0.29) is 11.5 Å². The molecule has 0 saturated carbocycles. The molecule has 0 radical (unpaired) electrons. The van der Waals surface area contributed by atoms with Crippen molar-refractivity contribution in [3.05, 3.63) is 114 Å². The van der Waals surface area contributed by atoms with Crippen LogP contribution in [0.25, 0.3) is 6.08 Å². The molecule has 1 aromatic heterocycles. The van der Waals surface area contributed by atoms with E-state index < -0.39 is 6.04 Å². The summed E-state index contributed by atoms with van der Waals surface area (Å²) in [6.45, 7) is 9.16. The van der Waals surface area contributed by atoms with Gasteiger partial charge in [-0.15, -0.1) is 0 Å². The van der Waals surface area contributed by atoms with Gasteiger partial charge in [0.2, 0.25) is 0 Å². The number of hydrogen-bond donors (Lipinski definition) is 0. The monoisotopic (exact) mass is 641 g/mol. The lowest BCUT2D eigenvalue weighted by atomic mass is 9.93. The minimum absolute atomic E-state index is 0.179. The molecule has 0 unspecified atom stereocenters. The molecule has 5 rings (SSSR count). The number of amides is 1. The van der Waals surface area contributed by atoms with E-state index in [2.05, 4.69) is 0 Å². The summed E-state index contributed by atoms with van der Waals surface area (Å²) in [5.74, 6) is 2.09. The predicted octanol–water partition coefficient (Wildman–Crippen LogP) is 5.02. The molecule has 0 saturated heterocycles. The van der Waals surface area contributed by atoms with Gasteiger partial charge in [-0.1, -0.05) is 47.2 Å². The molecule has 0 spiro atoms. The van der Waals surface area contributed by atoms with Crippen LogP contribution in [0.5, 0.6) is 23.0 Å². The van der Waals surface area contributed by atoms with Gasteiger partial charge in [0.05, 0.1) is 37.1 Å². The van der Waals surface area contributed by atoms with E-state index in [1.165, 1.54) is 16.9 Å². The molecule has 4 aromatic rings. The van der Waals surface area contributed by atoms with E-state index in [0.29, 0.717) is 68.9 Å². The zero-order valence-corrected chi connectivity index (χ0v) is 28.1. The van der Waals surface area contributed by atoms with E-state index >= 15 is 0 Å². The van der Waals surface area contributed by atoms with Crippen molar-refractivity contribution in [1.82, 2.24) is 9.47 Å². The van der Waals surface area contributed by atoms with Gasteiger partial charge >= 0.3 is 0 Å². The zero-order valence-electron chi connectivity index (χ0n) is 27.2. The first-order valence-electron chi connectivity index (χ1n) is 15.1. The number of thiazole rings is 1. The maximum atomic E-state index is 14.3. The molecule has 3 aromatic carbocycles. The lowest BCUT2D eigenvalue weighted by Gasteiger charge is -2.30. The van der Waals surface area contributed by atoms with Crippen LogP contribution in [-0.2, 0) is 11.4 Å². The van der Waals surface area contributed by atoms with E-state index in [1.807, 2.05) is 76.2 Å². The molecular formula is C36H39N3O6S. The summed E-state index contributed by atoms with van der Waals surface area (Å²) >= 11 is 1.27. The van der Waals surface area contributed by atoms with Crippen LogP contribution in [0.1, 0.15) is 49.1 Å². The number of allylic oxidation sites excluding steroid dienone is 1. The third kappa shape index (κ3) is 6.44. The first-order valence-corrected chi connectivity index (χ1v) is 15.9. The molecule has 46 heavy (non-hydrogen) atoms. The van der Waals surface area contributed by atoms with E-state index in [0.717, 1.165) is 11.1 Å². The molecule has 240 valence electrons. The molecule has 0 fully saturated rings.